The lowest BCUT2D eigenvalue weighted by Crippen LogP contribution is -2.21. The van der Waals surface area contributed by atoms with E-state index in [-0.39, 0.29) is 35.6 Å². The van der Waals surface area contributed by atoms with Crippen molar-refractivity contribution >= 4 is 34.1 Å². The molecule has 3 aromatic rings. The Morgan fingerprint density at radius 3 is 2.71 bits per heavy atom. The van der Waals surface area contributed by atoms with Crippen LogP contribution in [-0.2, 0) is 4.74 Å². The van der Waals surface area contributed by atoms with Crippen molar-refractivity contribution in [1.82, 2.24) is 15.1 Å². The summed E-state index contributed by atoms with van der Waals surface area (Å²) in [4.78, 5) is 40.1. The predicted octanol–water partition coefficient (Wildman–Crippen LogP) is 3.70. The summed E-state index contributed by atoms with van der Waals surface area (Å²) in [5, 5.41) is 9.91. The molecule has 11 heteroatoms. The third-order valence-electron chi connectivity index (χ3n) is 5.11. The van der Waals surface area contributed by atoms with Gasteiger partial charge in [-0.2, -0.15) is 5.10 Å². The highest BCUT2D eigenvalue weighted by atomic mass is 32.1. The average Bonchev–Trinajstić information content (AvgIpc) is 3.55. The molecule has 0 aliphatic carbocycles. The number of rotatable bonds is 7. The second-order valence-corrected chi connectivity index (χ2v) is 8.81. The van der Waals surface area contributed by atoms with Crippen molar-refractivity contribution in [2.24, 2.45) is 0 Å². The lowest BCUT2D eigenvalue weighted by atomic mass is 10.1. The zero-order valence-corrected chi connectivity index (χ0v) is 20.0. The van der Waals surface area contributed by atoms with Crippen molar-refractivity contribution in [3.05, 3.63) is 46.0 Å². The van der Waals surface area contributed by atoms with Gasteiger partial charge in [0, 0.05) is 19.7 Å². The van der Waals surface area contributed by atoms with Crippen LogP contribution >= 0.6 is 11.3 Å². The third-order valence-corrected chi connectivity index (χ3v) is 6.30. The molecule has 2 N–H and O–H groups in total. The van der Waals surface area contributed by atoms with E-state index in [1.54, 1.807) is 39.2 Å². The van der Waals surface area contributed by atoms with E-state index in [1.165, 1.54) is 4.90 Å². The Balaban J connectivity index is 1.60. The van der Waals surface area contributed by atoms with E-state index in [0.29, 0.717) is 34.1 Å². The summed E-state index contributed by atoms with van der Waals surface area (Å²) in [7, 11) is 3.24. The number of H-pyrrole nitrogens is 1. The topological polar surface area (TPSA) is 123 Å². The second-order valence-electron chi connectivity index (χ2n) is 7.78. The summed E-state index contributed by atoms with van der Waals surface area (Å²) >= 11 is 1.04. The first-order valence-electron chi connectivity index (χ1n) is 10.6. The molecule has 0 atom stereocenters. The fourth-order valence-electron chi connectivity index (χ4n) is 3.33. The van der Waals surface area contributed by atoms with Gasteiger partial charge in [-0.25, -0.2) is 4.79 Å². The number of thiophene rings is 1. The molecule has 0 spiro atoms. The number of aromatic nitrogens is 2. The molecule has 1 aliphatic heterocycles. The summed E-state index contributed by atoms with van der Waals surface area (Å²) in [6, 6.07) is 6.96. The number of anilines is 1. The van der Waals surface area contributed by atoms with Crippen LogP contribution in [0.25, 0.3) is 11.3 Å². The van der Waals surface area contributed by atoms with E-state index >= 15 is 0 Å². The minimum atomic E-state index is -0.589. The maximum Gasteiger partial charge on any atom is 0.341 e. The van der Waals surface area contributed by atoms with Crippen LogP contribution in [0.2, 0.25) is 0 Å². The Hall–Kier alpha value is -3.86. The molecule has 3 heterocycles. The normalized spacial score (nSPS) is 11.9. The highest BCUT2D eigenvalue weighted by molar-refractivity contribution is 7.18. The van der Waals surface area contributed by atoms with Gasteiger partial charge in [0.1, 0.15) is 10.7 Å². The number of esters is 1. The number of carbonyl (C=O) groups excluding carboxylic acids is 3. The first kappa shape index (κ1) is 23.3. The smallest absolute Gasteiger partial charge is 0.341 e. The zero-order chi connectivity index (χ0) is 24.4. The van der Waals surface area contributed by atoms with Crippen LogP contribution in [0, 0.1) is 6.92 Å². The van der Waals surface area contributed by atoms with Gasteiger partial charge in [0.25, 0.3) is 11.8 Å². The molecule has 34 heavy (non-hydrogen) atoms. The van der Waals surface area contributed by atoms with Crippen LogP contribution in [0.1, 0.15) is 49.4 Å². The zero-order valence-electron chi connectivity index (χ0n) is 19.2. The fourth-order valence-corrected chi connectivity index (χ4v) is 4.54. The minimum Gasteiger partial charge on any atom is -0.462 e. The molecule has 2 aromatic heterocycles. The van der Waals surface area contributed by atoms with Gasteiger partial charge in [-0.3, -0.25) is 14.7 Å². The Labute approximate surface area is 199 Å². The van der Waals surface area contributed by atoms with Crippen LogP contribution < -0.4 is 14.8 Å². The van der Waals surface area contributed by atoms with Gasteiger partial charge >= 0.3 is 5.97 Å². The van der Waals surface area contributed by atoms with Gasteiger partial charge in [-0.1, -0.05) is 6.92 Å². The van der Waals surface area contributed by atoms with E-state index in [1.807, 2.05) is 13.0 Å². The third kappa shape index (κ3) is 4.46. The van der Waals surface area contributed by atoms with E-state index in [2.05, 4.69) is 15.5 Å². The van der Waals surface area contributed by atoms with Crippen LogP contribution in [0.5, 0.6) is 11.5 Å². The van der Waals surface area contributed by atoms with Crippen molar-refractivity contribution in [1.29, 1.82) is 0 Å². The summed E-state index contributed by atoms with van der Waals surface area (Å²) in [5.74, 6) is -0.104. The molecule has 1 aromatic carbocycles. The van der Waals surface area contributed by atoms with Gasteiger partial charge in [-0.15, -0.1) is 11.3 Å². The quantitative estimate of drug-likeness (QED) is 0.490. The van der Waals surface area contributed by atoms with Gasteiger partial charge in [0.2, 0.25) is 6.79 Å². The largest absolute Gasteiger partial charge is 0.462 e. The molecular weight excluding hydrogens is 460 g/mol. The molecule has 1 aliphatic rings. The summed E-state index contributed by atoms with van der Waals surface area (Å²) < 4.78 is 16.0. The van der Waals surface area contributed by atoms with Gasteiger partial charge in [-0.05, 0) is 43.2 Å². The number of benzene rings is 1. The Bertz CT molecular complexity index is 1260. The molecular formula is C23H24N4O6S. The van der Waals surface area contributed by atoms with Crippen molar-refractivity contribution in [2.45, 2.75) is 20.3 Å². The molecule has 0 saturated heterocycles. The number of carbonyl (C=O) groups is 3. The number of nitrogens with one attached hydrogen (secondary N) is 2. The second kappa shape index (κ2) is 9.56. The summed E-state index contributed by atoms with van der Waals surface area (Å²) in [6.45, 7) is 3.94. The maximum absolute atomic E-state index is 13.0. The van der Waals surface area contributed by atoms with E-state index in [4.69, 9.17) is 14.2 Å². The van der Waals surface area contributed by atoms with E-state index in [0.717, 1.165) is 16.9 Å². The number of hydrogen-bond acceptors (Lipinski definition) is 8. The Morgan fingerprint density at radius 2 is 1.97 bits per heavy atom. The maximum atomic E-state index is 13.0. The molecule has 0 bridgehead atoms. The molecule has 4 rings (SSSR count). The standard InChI is InChI=1S/C23H24N4O6S/c1-5-8-31-23(30)18-12(2)19(22(29)27(3)4)34-21(18)24-20(28)15-10-14(25-26-15)13-6-7-16-17(9-13)33-11-32-16/h6-7,9-10H,5,8,11H2,1-4H3,(H,24,28)(H,25,26). The first-order chi connectivity index (χ1) is 16.3. The highest BCUT2D eigenvalue weighted by Gasteiger charge is 2.28. The SMILES string of the molecule is CCCOC(=O)c1c(NC(=O)c2cc(-c3ccc4c(c3)OCO4)n[nH]2)sc(C(=O)N(C)C)c1C. The molecule has 0 saturated carbocycles. The van der Waals surface area contributed by atoms with Crippen molar-refractivity contribution in [2.75, 3.05) is 32.8 Å². The number of aromatic amines is 1. The number of fused-ring (bicyclic) bond motifs is 1. The summed E-state index contributed by atoms with van der Waals surface area (Å²) in [5.41, 5.74) is 2.11. The van der Waals surface area contributed by atoms with Crippen molar-refractivity contribution < 1.29 is 28.6 Å². The molecule has 2 amide bonds. The molecule has 10 nitrogen and oxygen atoms in total. The number of amides is 2. The van der Waals surface area contributed by atoms with Gasteiger partial charge < -0.3 is 24.4 Å². The monoisotopic (exact) mass is 484 g/mol. The number of ether oxygens (including phenoxy) is 3. The van der Waals surface area contributed by atoms with Crippen molar-refractivity contribution in [3.8, 4) is 22.8 Å². The lowest BCUT2D eigenvalue weighted by molar-refractivity contribution is 0.0506. The van der Waals surface area contributed by atoms with Crippen LogP contribution in [0.15, 0.2) is 24.3 Å². The van der Waals surface area contributed by atoms with Gasteiger partial charge in [0.15, 0.2) is 11.5 Å². The van der Waals surface area contributed by atoms with Crippen LogP contribution in [0.3, 0.4) is 0 Å². The molecule has 0 radical (unpaired) electrons. The number of hydrogen-bond donors (Lipinski definition) is 2. The van der Waals surface area contributed by atoms with E-state index < -0.39 is 11.9 Å². The highest BCUT2D eigenvalue weighted by Crippen LogP contribution is 2.36. The first-order valence-corrected chi connectivity index (χ1v) is 11.4. The van der Waals surface area contributed by atoms with E-state index in [9.17, 15) is 14.4 Å². The summed E-state index contributed by atoms with van der Waals surface area (Å²) in [6.07, 6.45) is 0.650. The molecule has 0 unspecified atom stereocenters. The average molecular weight is 485 g/mol. The fraction of sp³-hybridized carbons (Fsp3) is 0.304. The molecule has 178 valence electrons. The molecule has 0 fully saturated rings. The lowest BCUT2D eigenvalue weighted by Gasteiger charge is -2.09. The Kier molecular flexibility index (Phi) is 6.55. The van der Waals surface area contributed by atoms with Crippen LogP contribution in [0.4, 0.5) is 5.00 Å². The predicted molar refractivity (Wildman–Crippen MR) is 126 cm³/mol. The van der Waals surface area contributed by atoms with Gasteiger partial charge in [0.05, 0.1) is 22.7 Å². The number of nitrogens with zero attached hydrogens (tertiary/aromatic N) is 2. The minimum absolute atomic E-state index is 0.161. The van der Waals surface area contributed by atoms with Crippen molar-refractivity contribution in [3.63, 3.8) is 0 Å². The van der Waals surface area contributed by atoms with Crippen LogP contribution in [-0.4, -0.2) is 60.4 Å². The Morgan fingerprint density at radius 1 is 1.21 bits per heavy atom.